The van der Waals surface area contributed by atoms with Crippen LogP contribution in [0.5, 0.6) is 0 Å². The summed E-state index contributed by atoms with van der Waals surface area (Å²) in [6, 6.07) is 6.99. The Labute approximate surface area is 95.7 Å². The fraction of sp³-hybridized carbons (Fsp3) is 0.538. The van der Waals surface area contributed by atoms with E-state index in [-0.39, 0.29) is 18.5 Å². The van der Waals surface area contributed by atoms with Gasteiger partial charge in [-0.25, -0.2) is 4.39 Å². The van der Waals surface area contributed by atoms with Gasteiger partial charge in [-0.3, -0.25) is 0 Å². The molecule has 2 atom stereocenters. The normalized spacial score (nSPS) is 26.9. The highest BCUT2D eigenvalue weighted by molar-refractivity contribution is 5.21. The fourth-order valence-electron chi connectivity index (χ4n) is 2.42. The monoisotopic (exact) mass is 223 g/mol. The van der Waals surface area contributed by atoms with Gasteiger partial charge in [0.2, 0.25) is 0 Å². The third-order valence-electron chi connectivity index (χ3n) is 3.56. The van der Waals surface area contributed by atoms with E-state index in [0.29, 0.717) is 5.92 Å². The molecule has 0 bridgehead atoms. The van der Waals surface area contributed by atoms with Gasteiger partial charge < -0.3 is 10.0 Å². The first-order valence-electron chi connectivity index (χ1n) is 5.77. The molecule has 1 aromatic carbocycles. The topological polar surface area (TPSA) is 23.5 Å². The summed E-state index contributed by atoms with van der Waals surface area (Å²) >= 11 is 0. The van der Waals surface area contributed by atoms with Gasteiger partial charge in [0.15, 0.2) is 0 Å². The Morgan fingerprint density at radius 3 is 2.69 bits per heavy atom. The van der Waals surface area contributed by atoms with Crippen LogP contribution in [0.1, 0.15) is 24.3 Å². The molecule has 0 aliphatic carbocycles. The van der Waals surface area contributed by atoms with Crippen LogP contribution in [0.3, 0.4) is 0 Å². The van der Waals surface area contributed by atoms with Crippen molar-refractivity contribution in [2.24, 2.45) is 0 Å². The maximum Gasteiger partial charge on any atom is 0.123 e. The first-order chi connectivity index (χ1) is 7.70. The van der Waals surface area contributed by atoms with Crippen LogP contribution in [0.4, 0.5) is 4.39 Å². The lowest BCUT2D eigenvalue weighted by Gasteiger charge is -2.36. The van der Waals surface area contributed by atoms with Gasteiger partial charge in [-0.15, -0.1) is 0 Å². The Morgan fingerprint density at radius 2 is 2.06 bits per heavy atom. The number of likely N-dealkylation sites (N-methyl/N-ethyl adjacent to an activating group) is 1. The smallest absolute Gasteiger partial charge is 0.123 e. The zero-order valence-corrected chi connectivity index (χ0v) is 9.56. The second kappa shape index (κ2) is 4.93. The molecule has 1 aliphatic rings. The molecule has 88 valence electrons. The Balaban J connectivity index is 2.08. The van der Waals surface area contributed by atoms with Crippen LogP contribution in [-0.4, -0.2) is 36.2 Å². The third kappa shape index (κ3) is 2.42. The largest absolute Gasteiger partial charge is 0.395 e. The number of likely N-dealkylation sites (tertiary alicyclic amines) is 1. The second-order valence-electron chi connectivity index (χ2n) is 4.59. The molecule has 1 heterocycles. The van der Waals surface area contributed by atoms with E-state index in [1.54, 1.807) is 0 Å². The molecule has 1 aliphatic heterocycles. The molecule has 1 aromatic rings. The lowest BCUT2D eigenvalue weighted by molar-refractivity contribution is 0.104. The number of rotatable bonds is 2. The van der Waals surface area contributed by atoms with Gasteiger partial charge in [0.25, 0.3) is 0 Å². The predicted molar refractivity (Wildman–Crippen MR) is 61.9 cm³/mol. The molecule has 1 saturated heterocycles. The summed E-state index contributed by atoms with van der Waals surface area (Å²) in [4.78, 5) is 2.19. The van der Waals surface area contributed by atoms with Gasteiger partial charge in [-0.1, -0.05) is 12.1 Å². The minimum Gasteiger partial charge on any atom is -0.395 e. The average Bonchev–Trinajstić information content (AvgIpc) is 2.31. The van der Waals surface area contributed by atoms with Gasteiger partial charge in [-0.2, -0.15) is 0 Å². The standard InChI is InChI=1S/C13H18FNO/c1-15-7-6-11(8-13(15)9-16)10-2-4-12(14)5-3-10/h2-5,11,13,16H,6-9H2,1H3/t11-,13-/m0/s1. The molecule has 0 saturated carbocycles. The van der Waals surface area contributed by atoms with Crippen molar-refractivity contribution < 1.29 is 9.50 Å². The number of hydrogen-bond donors (Lipinski definition) is 1. The summed E-state index contributed by atoms with van der Waals surface area (Å²) in [6.45, 7) is 1.20. The van der Waals surface area contributed by atoms with Crippen molar-refractivity contribution in [2.45, 2.75) is 24.8 Å². The number of benzene rings is 1. The van der Waals surface area contributed by atoms with Crippen LogP contribution < -0.4 is 0 Å². The molecule has 16 heavy (non-hydrogen) atoms. The van der Waals surface area contributed by atoms with E-state index in [2.05, 4.69) is 4.90 Å². The average molecular weight is 223 g/mol. The van der Waals surface area contributed by atoms with Crippen LogP contribution in [0.15, 0.2) is 24.3 Å². The van der Waals surface area contributed by atoms with E-state index in [1.165, 1.54) is 17.7 Å². The van der Waals surface area contributed by atoms with Crippen LogP contribution in [0.25, 0.3) is 0 Å². The minimum absolute atomic E-state index is 0.185. The van der Waals surface area contributed by atoms with Gasteiger partial charge in [0.1, 0.15) is 5.82 Å². The summed E-state index contributed by atoms with van der Waals surface area (Å²) in [5.74, 6) is 0.268. The van der Waals surface area contributed by atoms with E-state index < -0.39 is 0 Å². The molecule has 2 rings (SSSR count). The van der Waals surface area contributed by atoms with E-state index in [0.717, 1.165) is 19.4 Å². The van der Waals surface area contributed by atoms with Gasteiger partial charge in [0.05, 0.1) is 6.61 Å². The van der Waals surface area contributed by atoms with Crippen LogP contribution in [0, 0.1) is 5.82 Å². The highest BCUT2D eigenvalue weighted by Crippen LogP contribution is 2.30. The van der Waals surface area contributed by atoms with Gasteiger partial charge >= 0.3 is 0 Å². The molecule has 3 heteroatoms. The van der Waals surface area contributed by atoms with Crippen molar-refractivity contribution in [3.63, 3.8) is 0 Å². The SMILES string of the molecule is CN1CC[C@H](c2ccc(F)cc2)C[C@H]1CO. The van der Waals surface area contributed by atoms with Crippen molar-refractivity contribution in [3.8, 4) is 0 Å². The molecule has 1 fully saturated rings. The summed E-state index contributed by atoms with van der Waals surface area (Å²) in [5.41, 5.74) is 1.19. The van der Waals surface area contributed by atoms with Crippen LogP contribution in [0.2, 0.25) is 0 Å². The number of nitrogens with zero attached hydrogens (tertiary/aromatic N) is 1. The van der Waals surface area contributed by atoms with Crippen molar-refractivity contribution >= 4 is 0 Å². The molecule has 0 spiro atoms. The quantitative estimate of drug-likeness (QED) is 0.829. The molecule has 0 radical (unpaired) electrons. The van der Waals surface area contributed by atoms with E-state index in [9.17, 15) is 9.50 Å². The minimum atomic E-state index is -0.185. The Bertz CT molecular complexity index is 338. The van der Waals surface area contributed by atoms with Crippen molar-refractivity contribution in [1.82, 2.24) is 4.90 Å². The first-order valence-corrected chi connectivity index (χ1v) is 5.77. The zero-order chi connectivity index (χ0) is 11.5. The lowest BCUT2D eigenvalue weighted by Crippen LogP contribution is -2.41. The molecule has 0 aromatic heterocycles. The third-order valence-corrected chi connectivity index (χ3v) is 3.56. The second-order valence-corrected chi connectivity index (χ2v) is 4.59. The maximum absolute atomic E-state index is 12.8. The summed E-state index contributed by atoms with van der Waals surface area (Å²) < 4.78 is 12.8. The molecule has 0 amide bonds. The van der Waals surface area contributed by atoms with Crippen molar-refractivity contribution in [3.05, 3.63) is 35.6 Å². The van der Waals surface area contributed by atoms with Gasteiger partial charge in [-0.05, 0) is 50.0 Å². The van der Waals surface area contributed by atoms with Gasteiger partial charge in [0, 0.05) is 6.04 Å². The number of aliphatic hydroxyl groups is 1. The number of aliphatic hydroxyl groups excluding tert-OH is 1. The van der Waals surface area contributed by atoms with Crippen molar-refractivity contribution in [1.29, 1.82) is 0 Å². The summed E-state index contributed by atoms with van der Waals surface area (Å²) in [7, 11) is 2.04. The Hall–Kier alpha value is -0.930. The summed E-state index contributed by atoms with van der Waals surface area (Å²) in [6.07, 6.45) is 2.04. The number of halogens is 1. The molecule has 0 unspecified atom stereocenters. The van der Waals surface area contributed by atoms with E-state index in [1.807, 2.05) is 19.2 Å². The zero-order valence-electron chi connectivity index (χ0n) is 9.56. The van der Waals surface area contributed by atoms with Crippen LogP contribution >= 0.6 is 0 Å². The fourth-order valence-corrected chi connectivity index (χ4v) is 2.42. The Morgan fingerprint density at radius 1 is 1.38 bits per heavy atom. The lowest BCUT2D eigenvalue weighted by atomic mass is 9.86. The molecule has 2 nitrogen and oxygen atoms in total. The highest BCUT2D eigenvalue weighted by atomic mass is 19.1. The van der Waals surface area contributed by atoms with Crippen molar-refractivity contribution in [2.75, 3.05) is 20.2 Å². The Kier molecular flexibility index (Phi) is 3.56. The highest BCUT2D eigenvalue weighted by Gasteiger charge is 2.26. The maximum atomic E-state index is 12.8. The number of piperidine rings is 1. The predicted octanol–water partition coefficient (Wildman–Crippen LogP) is 2.00. The molecule has 1 N–H and O–H groups in total. The van der Waals surface area contributed by atoms with Crippen LogP contribution in [-0.2, 0) is 0 Å². The number of hydrogen-bond acceptors (Lipinski definition) is 2. The first kappa shape index (κ1) is 11.6. The summed E-state index contributed by atoms with van der Waals surface area (Å²) in [5, 5.41) is 9.27. The van der Waals surface area contributed by atoms with E-state index in [4.69, 9.17) is 0 Å². The van der Waals surface area contributed by atoms with E-state index >= 15 is 0 Å². The molecular weight excluding hydrogens is 205 g/mol. The molecular formula is C13H18FNO.